The number of ketones is 1. The Balaban J connectivity index is 1.99. The van der Waals surface area contributed by atoms with Gasteiger partial charge in [-0.25, -0.2) is 9.78 Å². The van der Waals surface area contributed by atoms with Crippen LogP contribution in [0.5, 0.6) is 0 Å². The molecular formula is C17H18N2O3S2. The monoisotopic (exact) mass is 362 g/mol. The van der Waals surface area contributed by atoms with Crippen LogP contribution < -0.4 is 0 Å². The topological polar surface area (TPSA) is 80.0 Å². The fourth-order valence-electron chi connectivity index (χ4n) is 2.20. The van der Waals surface area contributed by atoms with E-state index in [1.807, 2.05) is 19.1 Å². The maximum absolute atomic E-state index is 12.2. The van der Waals surface area contributed by atoms with Crippen LogP contribution in [0, 0.1) is 25.2 Å². The highest BCUT2D eigenvalue weighted by atomic mass is 32.1. The number of esters is 1. The van der Waals surface area contributed by atoms with Gasteiger partial charge in [0.25, 0.3) is 0 Å². The molecule has 0 aliphatic carbocycles. The van der Waals surface area contributed by atoms with Crippen LogP contribution in [-0.2, 0) is 16.0 Å². The quantitative estimate of drug-likeness (QED) is 0.700. The highest BCUT2D eigenvalue weighted by Gasteiger charge is 2.25. The summed E-state index contributed by atoms with van der Waals surface area (Å²) in [4.78, 5) is 30.0. The van der Waals surface area contributed by atoms with Gasteiger partial charge in [-0.15, -0.1) is 22.7 Å². The first kappa shape index (κ1) is 18.3. The second kappa shape index (κ2) is 8.18. The van der Waals surface area contributed by atoms with Crippen molar-refractivity contribution in [2.75, 3.05) is 6.61 Å². The smallest absolute Gasteiger partial charge is 0.348 e. The van der Waals surface area contributed by atoms with Crippen LogP contribution in [0.1, 0.15) is 50.1 Å². The molecule has 2 aromatic rings. The molecule has 7 heteroatoms. The van der Waals surface area contributed by atoms with Crippen molar-refractivity contribution in [3.05, 3.63) is 37.5 Å². The molecule has 126 valence electrons. The number of nitrogens with zero attached hydrogens (tertiary/aromatic N) is 2. The summed E-state index contributed by atoms with van der Waals surface area (Å²) in [5.41, 5.74) is 1.89. The summed E-state index contributed by atoms with van der Waals surface area (Å²) in [6.07, 6.45) is 1.91. The lowest BCUT2D eigenvalue weighted by atomic mass is 10.1. The van der Waals surface area contributed by atoms with E-state index in [1.54, 1.807) is 12.3 Å². The van der Waals surface area contributed by atoms with Crippen LogP contribution in [0.25, 0.3) is 0 Å². The zero-order valence-corrected chi connectivity index (χ0v) is 15.4. The van der Waals surface area contributed by atoms with Gasteiger partial charge in [0.05, 0.1) is 6.07 Å². The minimum absolute atomic E-state index is 0.421. The molecule has 0 unspecified atom stereocenters. The van der Waals surface area contributed by atoms with Crippen molar-refractivity contribution >= 4 is 34.4 Å². The molecule has 0 bridgehead atoms. The Morgan fingerprint density at radius 2 is 2.17 bits per heavy atom. The summed E-state index contributed by atoms with van der Waals surface area (Å²) in [6.45, 7) is 5.42. The van der Waals surface area contributed by atoms with E-state index in [-0.39, 0.29) is 0 Å². The molecule has 0 amide bonds. The van der Waals surface area contributed by atoms with Crippen molar-refractivity contribution in [3.8, 4) is 6.07 Å². The Morgan fingerprint density at radius 1 is 1.42 bits per heavy atom. The van der Waals surface area contributed by atoms with Gasteiger partial charge in [-0.2, -0.15) is 5.26 Å². The number of thiazole rings is 1. The highest BCUT2D eigenvalue weighted by molar-refractivity contribution is 7.14. The molecule has 0 aromatic carbocycles. The lowest BCUT2D eigenvalue weighted by Crippen LogP contribution is -2.19. The number of carbonyl (C=O) groups is 2. The van der Waals surface area contributed by atoms with Crippen molar-refractivity contribution in [2.45, 2.75) is 39.5 Å². The largest absolute Gasteiger partial charge is 0.453 e. The zero-order valence-electron chi connectivity index (χ0n) is 13.8. The average molecular weight is 362 g/mol. The molecule has 24 heavy (non-hydrogen) atoms. The first-order valence-electron chi connectivity index (χ1n) is 7.57. The third-order valence-electron chi connectivity index (χ3n) is 3.42. The predicted octanol–water partition coefficient (Wildman–Crippen LogP) is 3.81. The zero-order chi connectivity index (χ0) is 17.7. The molecule has 0 spiro atoms. The van der Waals surface area contributed by atoms with E-state index in [2.05, 4.69) is 11.9 Å². The SMILES string of the molecule is CCCc1cc(C(=O)OCC(=O)[C@@H](C#N)c2nc(C)cs2)sc1C. The number of thiophene rings is 1. The van der Waals surface area contributed by atoms with Gasteiger partial charge >= 0.3 is 5.97 Å². The second-order valence-corrected chi connectivity index (χ2v) is 7.52. The molecular weight excluding hydrogens is 344 g/mol. The standard InChI is InChI=1S/C17H18N2O3S2/c1-4-5-12-6-15(24-11(12)3)17(21)22-8-14(20)13(7-18)16-19-10(2)9-23-16/h6,9,13H,4-5,8H2,1-3H3/t13-/m1/s1. The summed E-state index contributed by atoms with van der Waals surface area (Å²) in [7, 11) is 0. The number of aryl methyl sites for hydroxylation is 3. The van der Waals surface area contributed by atoms with Gasteiger partial charge in [0.1, 0.15) is 9.88 Å². The number of Topliss-reactive ketones (excluding diaryl/α,β-unsaturated/α-hetero) is 1. The highest BCUT2D eigenvalue weighted by Crippen LogP contribution is 2.24. The minimum Gasteiger partial charge on any atom is -0.453 e. The van der Waals surface area contributed by atoms with Gasteiger partial charge in [-0.3, -0.25) is 4.79 Å². The molecule has 2 heterocycles. The molecule has 0 saturated carbocycles. The lowest BCUT2D eigenvalue weighted by Gasteiger charge is -2.05. The number of rotatable bonds is 7. The molecule has 1 atom stereocenters. The Bertz CT molecular complexity index is 786. The second-order valence-electron chi connectivity index (χ2n) is 5.37. The van der Waals surface area contributed by atoms with Crippen molar-refractivity contribution < 1.29 is 14.3 Å². The lowest BCUT2D eigenvalue weighted by molar-refractivity contribution is -0.122. The third kappa shape index (κ3) is 4.28. The van der Waals surface area contributed by atoms with Crippen molar-refractivity contribution in [3.63, 3.8) is 0 Å². The van der Waals surface area contributed by atoms with Crippen molar-refractivity contribution in [2.24, 2.45) is 0 Å². The normalized spacial score (nSPS) is 11.8. The maximum atomic E-state index is 12.2. The number of ether oxygens (including phenoxy) is 1. The molecule has 0 N–H and O–H groups in total. The summed E-state index contributed by atoms with van der Waals surface area (Å²) < 4.78 is 5.10. The van der Waals surface area contributed by atoms with Gasteiger partial charge in [-0.05, 0) is 31.9 Å². The molecule has 0 aliphatic rings. The molecule has 0 radical (unpaired) electrons. The van der Waals surface area contributed by atoms with Gasteiger partial charge in [0.15, 0.2) is 18.3 Å². The number of carbonyl (C=O) groups excluding carboxylic acids is 2. The van der Waals surface area contributed by atoms with E-state index < -0.39 is 24.3 Å². The van der Waals surface area contributed by atoms with E-state index in [9.17, 15) is 14.9 Å². The van der Waals surface area contributed by atoms with Crippen LogP contribution >= 0.6 is 22.7 Å². The Hall–Kier alpha value is -2.04. The van der Waals surface area contributed by atoms with Gasteiger partial charge in [0.2, 0.25) is 0 Å². The van der Waals surface area contributed by atoms with Crippen LogP contribution in [-0.4, -0.2) is 23.3 Å². The molecule has 0 fully saturated rings. The van der Waals surface area contributed by atoms with Gasteiger partial charge < -0.3 is 4.74 Å². The molecule has 0 saturated heterocycles. The van der Waals surface area contributed by atoms with E-state index in [1.165, 1.54) is 22.7 Å². The number of nitriles is 1. The van der Waals surface area contributed by atoms with Gasteiger partial charge in [-0.1, -0.05) is 13.3 Å². The number of hydrogen-bond donors (Lipinski definition) is 0. The van der Waals surface area contributed by atoms with Crippen LogP contribution in [0.2, 0.25) is 0 Å². The molecule has 5 nitrogen and oxygen atoms in total. The first-order valence-corrected chi connectivity index (χ1v) is 9.26. The Kier molecular flexibility index (Phi) is 6.23. The minimum atomic E-state index is -0.989. The third-order valence-corrected chi connectivity index (χ3v) is 5.52. The van der Waals surface area contributed by atoms with Crippen LogP contribution in [0.4, 0.5) is 0 Å². The summed E-state index contributed by atoms with van der Waals surface area (Å²) >= 11 is 2.63. The van der Waals surface area contributed by atoms with E-state index >= 15 is 0 Å². The van der Waals surface area contributed by atoms with E-state index in [4.69, 9.17) is 4.74 Å². The maximum Gasteiger partial charge on any atom is 0.348 e. The predicted molar refractivity (Wildman–Crippen MR) is 93.5 cm³/mol. The number of hydrogen-bond acceptors (Lipinski definition) is 7. The molecule has 2 aromatic heterocycles. The van der Waals surface area contributed by atoms with Crippen LogP contribution in [0.3, 0.4) is 0 Å². The average Bonchev–Trinajstić information content (AvgIpc) is 3.13. The molecule has 2 rings (SSSR count). The molecule has 0 aliphatic heterocycles. The summed E-state index contributed by atoms with van der Waals surface area (Å²) in [6, 6.07) is 3.76. The fraction of sp³-hybridized carbons (Fsp3) is 0.412. The fourth-order valence-corrected chi connectivity index (χ4v) is 4.03. The van der Waals surface area contributed by atoms with Crippen LogP contribution in [0.15, 0.2) is 11.4 Å². The van der Waals surface area contributed by atoms with E-state index in [0.717, 1.165) is 29.0 Å². The first-order chi connectivity index (χ1) is 11.5. The summed E-state index contributed by atoms with van der Waals surface area (Å²) in [5, 5.41) is 11.4. The van der Waals surface area contributed by atoms with E-state index in [0.29, 0.717) is 9.88 Å². The van der Waals surface area contributed by atoms with Gasteiger partial charge in [0, 0.05) is 16.0 Å². The van der Waals surface area contributed by atoms with Crippen molar-refractivity contribution in [1.29, 1.82) is 5.26 Å². The number of aromatic nitrogens is 1. The Morgan fingerprint density at radius 3 is 2.75 bits per heavy atom. The van der Waals surface area contributed by atoms with Crippen molar-refractivity contribution in [1.82, 2.24) is 4.98 Å². The Labute approximate surface area is 148 Å². The summed E-state index contributed by atoms with van der Waals surface area (Å²) in [5.74, 6) is -1.97.